The summed E-state index contributed by atoms with van der Waals surface area (Å²) in [5, 5.41) is 8.66. The average molecular weight is 467 g/mol. The van der Waals surface area contributed by atoms with Gasteiger partial charge >= 0.3 is 12.1 Å². The summed E-state index contributed by atoms with van der Waals surface area (Å²) < 4.78 is 64.7. The van der Waals surface area contributed by atoms with E-state index in [1.807, 2.05) is 11.0 Å². The molecule has 1 fully saturated rings. The molecule has 176 valence electrons. The summed E-state index contributed by atoms with van der Waals surface area (Å²) in [6, 6.07) is 0.713. The van der Waals surface area contributed by atoms with Gasteiger partial charge in [0.25, 0.3) is 0 Å². The van der Waals surface area contributed by atoms with Crippen LogP contribution in [0.3, 0.4) is 0 Å². The van der Waals surface area contributed by atoms with E-state index in [9.17, 15) is 27.9 Å². The van der Waals surface area contributed by atoms with Gasteiger partial charge in [-0.2, -0.15) is 13.2 Å². The Morgan fingerprint density at radius 3 is 2.45 bits per heavy atom. The smallest absolute Gasteiger partial charge is 0.420 e. The summed E-state index contributed by atoms with van der Waals surface area (Å²) in [7, 11) is 0. The molecule has 2 aromatic rings. The van der Waals surface area contributed by atoms with Gasteiger partial charge in [0.05, 0.1) is 22.9 Å². The number of carboxylic acids is 1. The molecule has 7 nitrogen and oxygen atoms in total. The molecule has 0 aliphatic carbocycles. The second kappa shape index (κ2) is 8.54. The first kappa shape index (κ1) is 22.8. The molecule has 1 atom stereocenters. The number of hydrogen-bond acceptors (Lipinski definition) is 5. The maximum atomic E-state index is 15.2. The zero-order valence-electron chi connectivity index (χ0n) is 17.6. The number of aryl methyl sites for hydroxylation is 1. The molecule has 1 aromatic carbocycles. The summed E-state index contributed by atoms with van der Waals surface area (Å²) in [5.74, 6) is -2.81. The molecule has 0 bridgehead atoms. The second-order valence-electron chi connectivity index (χ2n) is 7.70. The molecule has 0 spiro atoms. The predicted octanol–water partition coefficient (Wildman–Crippen LogP) is 3.43. The number of hydrogen-bond donors (Lipinski definition) is 1. The Morgan fingerprint density at radius 1 is 1.21 bits per heavy atom. The number of rotatable bonds is 4. The molecule has 33 heavy (non-hydrogen) atoms. The molecule has 1 aromatic heterocycles. The van der Waals surface area contributed by atoms with E-state index in [1.165, 1.54) is 18.1 Å². The van der Waals surface area contributed by atoms with Gasteiger partial charge < -0.3 is 19.3 Å². The number of aromatic carboxylic acids is 1. The Labute approximate surface area is 185 Å². The quantitative estimate of drug-likeness (QED) is 0.695. The SMILES string of the molecule is CCn1cc(C(=O)O)c(=O)c2cc(F)c(N3CCN(C4C=CC=CO4)CC3)c(C(F)(F)F)c21. The highest BCUT2D eigenvalue weighted by Crippen LogP contribution is 2.43. The number of carbonyl (C=O) groups is 1. The Kier molecular flexibility index (Phi) is 5.91. The lowest BCUT2D eigenvalue weighted by molar-refractivity contribution is -0.136. The van der Waals surface area contributed by atoms with Crippen LogP contribution in [0.5, 0.6) is 0 Å². The lowest BCUT2D eigenvalue weighted by Crippen LogP contribution is -2.51. The van der Waals surface area contributed by atoms with Crippen molar-refractivity contribution in [2.24, 2.45) is 0 Å². The molecule has 2 aliphatic heterocycles. The average Bonchev–Trinajstić information content (AvgIpc) is 2.79. The fourth-order valence-corrected chi connectivity index (χ4v) is 4.29. The first-order valence-corrected chi connectivity index (χ1v) is 10.3. The summed E-state index contributed by atoms with van der Waals surface area (Å²) in [4.78, 5) is 27.2. The van der Waals surface area contributed by atoms with Gasteiger partial charge in [0.15, 0.2) is 6.23 Å². The molecular formula is C22H21F4N3O4. The Balaban J connectivity index is 1.84. The molecule has 11 heteroatoms. The van der Waals surface area contributed by atoms with E-state index in [0.717, 1.165) is 10.8 Å². The van der Waals surface area contributed by atoms with Gasteiger partial charge in [0.1, 0.15) is 16.9 Å². The minimum Gasteiger partial charge on any atom is -0.479 e. The van der Waals surface area contributed by atoms with E-state index < -0.39 is 51.1 Å². The van der Waals surface area contributed by atoms with Crippen molar-refractivity contribution in [3.63, 3.8) is 0 Å². The van der Waals surface area contributed by atoms with Crippen LogP contribution in [0, 0.1) is 5.82 Å². The molecular weight excluding hydrogens is 446 g/mol. The number of aromatic nitrogens is 1. The van der Waals surface area contributed by atoms with Gasteiger partial charge in [-0.3, -0.25) is 9.69 Å². The van der Waals surface area contributed by atoms with Crippen LogP contribution in [-0.2, 0) is 17.5 Å². The van der Waals surface area contributed by atoms with Gasteiger partial charge in [0, 0.05) is 38.9 Å². The van der Waals surface area contributed by atoms with Crippen LogP contribution in [0.1, 0.15) is 22.8 Å². The molecule has 0 saturated carbocycles. The minimum atomic E-state index is -4.99. The van der Waals surface area contributed by atoms with E-state index in [4.69, 9.17) is 4.74 Å². The molecule has 3 heterocycles. The van der Waals surface area contributed by atoms with E-state index in [1.54, 1.807) is 12.2 Å². The van der Waals surface area contributed by atoms with Crippen molar-refractivity contribution < 1.29 is 32.2 Å². The second-order valence-corrected chi connectivity index (χ2v) is 7.70. The number of allylic oxidation sites excluding steroid dienone is 2. The van der Waals surface area contributed by atoms with E-state index in [-0.39, 0.29) is 25.9 Å². The molecule has 2 aliphatic rings. The van der Waals surface area contributed by atoms with E-state index >= 15 is 4.39 Å². The summed E-state index contributed by atoms with van der Waals surface area (Å²) in [6.07, 6.45) is 2.41. The van der Waals surface area contributed by atoms with Crippen molar-refractivity contribution in [2.45, 2.75) is 25.9 Å². The van der Waals surface area contributed by atoms with Crippen molar-refractivity contribution in [1.29, 1.82) is 0 Å². The normalized spacial score (nSPS) is 19.2. The number of nitrogens with zero attached hydrogens (tertiary/aromatic N) is 3. The Bertz CT molecular complexity index is 1210. The number of pyridine rings is 1. The van der Waals surface area contributed by atoms with Crippen LogP contribution in [0.25, 0.3) is 10.9 Å². The topological polar surface area (TPSA) is 75.0 Å². The number of piperazine rings is 1. The van der Waals surface area contributed by atoms with Gasteiger partial charge in [-0.25, -0.2) is 9.18 Å². The standard InChI is InChI=1S/C22H21F4N3O4/c1-2-27-12-14(21(31)32)20(30)13-11-15(23)19(17(18(13)27)22(24,25)26)29-8-6-28(7-9-29)16-5-3-4-10-33-16/h3-5,10-12,16H,2,6-9H2,1H3,(H,31,32). The van der Waals surface area contributed by atoms with Crippen molar-refractivity contribution >= 4 is 22.6 Å². The van der Waals surface area contributed by atoms with Crippen LogP contribution < -0.4 is 10.3 Å². The van der Waals surface area contributed by atoms with Crippen molar-refractivity contribution in [3.05, 3.63) is 63.9 Å². The molecule has 0 radical (unpaired) electrons. The van der Waals surface area contributed by atoms with Crippen LogP contribution in [0.4, 0.5) is 23.2 Å². The molecule has 0 amide bonds. The molecule has 1 saturated heterocycles. The third kappa shape index (κ3) is 4.08. The highest BCUT2D eigenvalue weighted by atomic mass is 19.4. The number of benzene rings is 1. The monoisotopic (exact) mass is 467 g/mol. The number of anilines is 1. The fraction of sp³-hybridized carbons (Fsp3) is 0.364. The third-order valence-corrected chi connectivity index (χ3v) is 5.82. The largest absolute Gasteiger partial charge is 0.479 e. The van der Waals surface area contributed by atoms with Gasteiger partial charge in [-0.1, -0.05) is 6.08 Å². The number of carboxylic acid groups (broad SMARTS) is 1. The van der Waals surface area contributed by atoms with Crippen molar-refractivity contribution in [3.8, 4) is 0 Å². The van der Waals surface area contributed by atoms with Crippen molar-refractivity contribution in [2.75, 3.05) is 31.1 Å². The van der Waals surface area contributed by atoms with E-state index in [0.29, 0.717) is 19.2 Å². The van der Waals surface area contributed by atoms with Crippen LogP contribution in [-0.4, -0.2) is 52.9 Å². The van der Waals surface area contributed by atoms with Gasteiger partial charge in [-0.15, -0.1) is 0 Å². The summed E-state index contributed by atoms with van der Waals surface area (Å²) >= 11 is 0. The predicted molar refractivity (Wildman–Crippen MR) is 113 cm³/mol. The maximum Gasteiger partial charge on any atom is 0.420 e. The number of ether oxygens (including phenoxy) is 1. The highest BCUT2D eigenvalue weighted by Gasteiger charge is 2.41. The summed E-state index contributed by atoms with van der Waals surface area (Å²) in [5.41, 5.74) is -4.31. The molecule has 1 unspecified atom stereocenters. The Hall–Kier alpha value is -3.34. The van der Waals surface area contributed by atoms with Crippen LogP contribution >= 0.6 is 0 Å². The Morgan fingerprint density at radius 2 is 1.91 bits per heavy atom. The lowest BCUT2D eigenvalue weighted by Gasteiger charge is -2.40. The lowest BCUT2D eigenvalue weighted by atomic mass is 10.0. The molecule has 4 rings (SSSR count). The highest BCUT2D eigenvalue weighted by molar-refractivity contribution is 5.95. The van der Waals surface area contributed by atoms with Gasteiger partial charge in [-0.05, 0) is 25.1 Å². The number of fused-ring (bicyclic) bond motifs is 1. The van der Waals surface area contributed by atoms with Gasteiger partial charge in [0.2, 0.25) is 5.43 Å². The zero-order valence-corrected chi connectivity index (χ0v) is 17.6. The minimum absolute atomic E-state index is 0.0438. The van der Waals surface area contributed by atoms with E-state index in [2.05, 4.69) is 0 Å². The number of alkyl halides is 3. The first-order valence-electron chi connectivity index (χ1n) is 10.3. The van der Waals surface area contributed by atoms with Crippen LogP contribution in [0.2, 0.25) is 0 Å². The third-order valence-electron chi connectivity index (χ3n) is 5.82. The number of halogens is 4. The van der Waals surface area contributed by atoms with Crippen molar-refractivity contribution in [1.82, 2.24) is 9.47 Å². The fourth-order valence-electron chi connectivity index (χ4n) is 4.29. The molecule has 1 N–H and O–H groups in total. The summed E-state index contributed by atoms with van der Waals surface area (Å²) in [6.45, 7) is 2.34. The maximum absolute atomic E-state index is 15.2. The van der Waals surface area contributed by atoms with Crippen LogP contribution in [0.15, 0.2) is 41.5 Å². The first-order chi connectivity index (χ1) is 15.6. The zero-order chi connectivity index (χ0) is 23.9.